The van der Waals surface area contributed by atoms with Crippen LogP contribution in [0.5, 0.6) is 0 Å². The third kappa shape index (κ3) is 7.83. The minimum Gasteiger partial charge on any atom is -0.383 e. The number of nitrogens with zero attached hydrogens (tertiary/aromatic N) is 3. The molecule has 0 spiro atoms. The van der Waals surface area contributed by atoms with Crippen molar-refractivity contribution in [2.24, 2.45) is 4.99 Å². The van der Waals surface area contributed by atoms with Crippen LogP contribution in [0.15, 0.2) is 53.5 Å². The van der Waals surface area contributed by atoms with Crippen molar-refractivity contribution in [3.8, 4) is 0 Å². The average Bonchev–Trinajstić information content (AvgIpc) is 2.78. The SMILES string of the molecule is CN=C(NCc1ccc(NCCOC)cc1)N1CCN(Cc2ccc(Cl)cc2)C(=O)C1.I. The van der Waals surface area contributed by atoms with Gasteiger partial charge < -0.3 is 25.2 Å². The number of hydrogen-bond acceptors (Lipinski definition) is 4. The molecule has 2 N–H and O–H groups in total. The monoisotopic (exact) mass is 571 g/mol. The normalized spacial score (nSPS) is 14.2. The van der Waals surface area contributed by atoms with Crippen molar-refractivity contribution in [1.29, 1.82) is 0 Å². The number of carbonyl (C=O) groups is 1. The highest BCUT2D eigenvalue weighted by Gasteiger charge is 2.25. The van der Waals surface area contributed by atoms with Gasteiger partial charge in [0.2, 0.25) is 5.91 Å². The fraction of sp³-hybridized carbons (Fsp3) is 0.391. The van der Waals surface area contributed by atoms with Gasteiger partial charge in [-0.15, -0.1) is 24.0 Å². The molecular weight excluding hydrogens is 541 g/mol. The van der Waals surface area contributed by atoms with E-state index in [0.29, 0.717) is 37.8 Å². The highest BCUT2D eigenvalue weighted by molar-refractivity contribution is 14.0. The Morgan fingerprint density at radius 3 is 2.41 bits per heavy atom. The van der Waals surface area contributed by atoms with Gasteiger partial charge in [0.1, 0.15) is 0 Å². The number of nitrogens with one attached hydrogen (secondary N) is 2. The summed E-state index contributed by atoms with van der Waals surface area (Å²) in [6.07, 6.45) is 0. The highest BCUT2D eigenvalue weighted by atomic mass is 127. The second-order valence-corrected chi connectivity index (χ2v) is 7.82. The van der Waals surface area contributed by atoms with E-state index in [1.807, 2.05) is 34.1 Å². The fourth-order valence-corrected chi connectivity index (χ4v) is 3.54. The van der Waals surface area contributed by atoms with E-state index in [4.69, 9.17) is 16.3 Å². The molecule has 2 aromatic rings. The van der Waals surface area contributed by atoms with Gasteiger partial charge in [-0.05, 0) is 35.4 Å². The lowest BCUT2D eigenvalue weighted by Gasteiger charge is -2.36. The number of aliphatic imine (C=N–C) groups is 1. The van der Waals surface area contributed by atoms with Crippen molar-refractivity contribution >= 4 is 53.1 Å². The maximum Gasteiger partial charge on any atom is 0.242 e. The van der Waals surface area contributed by atoms with E-state index >= 15 is 0 Å². The van der Waals surface area contributed by atoms with Gasteiger partial charge >= 0.3 is 0 Å². The van der Waals surface area contributed by atoms with E-state index in [2.05, 4.69) is 39.9 Å². The van der Waals surface area contributed by atoms with Gasteiger partial charge in [-0.3, -0.25) is 9.79 Å². The zero-order valence-corrected chi connectivity index (χ0v) is 21.6. The molecule has 0 aliphatic carbocycles. The Morgan fingerprint density at radius 1 is 1.09 bits per heavy atom. The smallest absolute Gasteiger partial charge is 0.242 e. The van der Waals surface area contributed by atoms with E-state index in [9.17, 15) is 4.79 Å². The summed E-state index contributed by atoms with van der Waals surface area (Å²) in [5.74, 6) is 0.831. The lowest BCUT2D eigenvalue weighted by atomic mass is 10.2. The lowest BCUT2D eigenvalue weighted by molar-refractivity contribution is -0.135. The second-order valence-electron chi connectivity index (χ2n) is 7.38. The van der Waals surface area contributed by atoms with Crippen LogP contribution in [0.2, 0.25) is 5.02 Å². The van der Waals surface area contributed by atoms with Crippen molar-refractivity contribution in [3.05, 3.63) is 64.7 Å². The summed E-state index contributed by atoms with van der Waals surface area (Å²) in [5.41, 5.74) is 3.28. The average molecular weight is 572 g/mol. The molecule has 7 nitrogen and oxygen atoms in total. The first-order chi connectivity index (χ1) is 15.1. The van der Waals surface area contributed by atoms with E-state index < -0.39 is 0 Å². The Labute approximate surface area is 212 Å². The quantitative estimate of drug-likeness (QED) is 0.220. The van der Waals surface area contributed by atoms with Gasteiger partial charge in [0.25, 0.3) is 0 Å². The van der Waals surface area contributed by atoms with Gasteiger partial charge in [0.05, 0.1) is 13.2 Å². The Hall–Kier alpha value is -2.04. The molecule has 3 rings (SSSR count). The van der Waals surface area contributed by atoms with Crippen molar-refractivity contribution in [3.63, 3.8) is 0 Å². The van der Waals surface area contributed by atoms with Crippen molar-refractivity contribution in [1.82, 2.24) is 15.1 Å². The molecule has 2 aromatic carbocycles. The minimum atomic E-state index is 0. The molecule has 1 aliphatic heterocycles. The number of guanidine groups is 1. The van der Waals surface area contributed by atoms with Gasteiger partial charge in [-0.1, -0.05) is 35.9 Å². The van der Waals surface area contributed by atoms with Crippen LogP contribution >= 0.6 is 35.6 Å². The largest absolute Gasteiger partial charge is 0.383 e. The minimum absolute atomic E-state index is 0. The second kappa shape index (κ2) is 13.5. The third-order valence-corrected chi connectivity index (χ3v) is 5.41. The number of halogens is 2. The Morgan fingerprint density at radius 2 is 1.78 bits per heavy atom. The van der Waals surface area contributed by atoms with Crippen LogP contribution in [0.3, 0.4) is 0 Å². The summed E-state index contributed by atoms with van der Waals surface area (Å²) in [6.45, 7) is 4.40. The molecule has 0 radical (unpaired) electrons. The molecule has 174 valence electrons. The molecule has 1 saturated heterocycles. The van der Waals surface area contributed by atoms with Gasteiger partial charge in [0.15, 0.2) is 5.96 Å². The van der Waals surface area contributed by atoms with Crippen LogP contribution in [0.4, 0.5) is 5.69 Å². The van der Waals surface area contributed by atoms with E-state index in [1.54, 1.807) is 14.2 Å². The van der Waals surface area contributed by atoms with E-state index in [0.717, 1.165) is 35.9 Å². The number of rotatable bonds is 8. The van der Waals surface area contributed by atoms with Crippen LogP contribution in [0.25, 0.3) is 0 Å². The standard InChI is InChI=1S/C23H30ClN5O2.HI/c1-25-23(27-15-18-5-9-21(10-6-18)26-11-14-31-2)29-13-12-28(22(30)17-29)16-19-3-7-20(24)8-4-19;/h3-10,26H,11-17H2,1-2H3,(H,25,27);1H. The Bertz CT molecular complexity index is 877. The maximum absolute atomic E-state index is 12.7. The summed E-state index contributed by atoms with van der Waals surface area (Å²) in [5, 5.41) is 7.37. The zero-order valence-electron chi connectivity index (χ0n) is 18.5. The van der Waals surface area contributed by atoms with Crippen LogP contribution in [0, 0.1) is 0 Å². The van der Waals surface area contributed by atoms with Gasteiger partial charge in [0, 0.05) is 57.6 Å². The highest BCUT2D eigenvalue weighted by Crippen LogP contribution is 2.14. The van der Waals surface area contributed by atoms with E-state index in [1.165, 1.54) is 0 Å². The molecular formula is C23H31ClIN5O2. The molecule has 0 unspecified atom stereocenters. The van der Waals surface area contributed by atoms with Crippen molar-refractivity contribution < 1.29 is 9.53 Å². The number of anilines is 1. The van der Waals surface area contributed by atoms with Crippen molar-refractivity contribution in [2.45, 2.75) is 13.1 Å². The fourth-order valence-electron chi connectivity index (χ4n) is 3.42. The molecule has 32 heavy (non-hydrogen) atoms. The van der Waals surface area contributed by atoms with E-state index in [-0.39, 0.29) is 29.9 Å². The lowest BCUT2D eigenvalue weighted by Crippen LogP contribution is -2.54. The molecule has 0 aromatic heterocycles. The molecule has 0 bridgehead atoms. The summed E-state index contributed by atoms with van der Waals surface area (Å²) in [7, 11) is 3.44. The zero-order chi connectivity index (χ0) is 22.1. The third-order valence-electron chi connectivity index (χ3n) is 5.16. The molecule has 1 fully saturated rings. The molecule has 1 amide bonds. The number of amides is 1. The Balaban J connectivity index is 0.00000363. The van der Waals surface area contributed by atoms with Crippen LogP contribution in [-0.2, 0) is 22.6 Å². The summed E-state index contributed by atoms with van der Waals surface area (Å²) in [4.78, 5) is 20.9. The van der Waals surface area contributed by atoms with Gasteiger partial charge in [-0.25, -0.2) is 0 Å². The molecule has 0 saturated carbocycles. The predicted octanol–water partition coefficient (Wildman–Crippen LogP) is 3.44. The summed E-state index contributed by atoms with van der Waals surface area (Å²) < 4.78 is 5.05. The molecule has 1 heterocycles. The van der Waals surface area contributed by atoms with Crippen LogP contribution in [0.1, 0.15) is 11.1 Å². The number of hydrogen-bond donors (Lipinski definition) is 2. The van der Waals surface area contributed by atoms with Crippen molar-refractivity contribution in [2.75, 3.05) is 52.3 Å². The first-order valence-corrected chi connectivity index (χ1v) is 10.8. The van der Waals surface area contributed by atoms with Crippen LogP contribution in [-0.4, -0.2) is 68.6 Å². The molecule has 1 aliphatic rings. The number of piperazine rings is 1. The first kappa shape index (κ1) is 26.2. The number of ether oxygens (including phenoxy) is 1. The molecule has 9 heteroatoms. The number of benzene rings is 2. The number of methoxy groups -OCH3 is 1. The predicted molar refractivity (Wildman–Crippen MR) is 141 cm³/mol. The Kier molecular flexibility index (Phi) is 11.1. The maximum atomic E-state index is 12.7. The van der Waals surface area contributed by atoms with Gasteiger partial charge in [-0.2, -0.15) is 0 Å². The van der Waals surface area contributed by atoms with Crippen LogP contribution < -0.4 is 10.6 Å². The topological polar surface area (TPSA) is 69.2 Å². The summed E-state index contributed by atoms with van der Waals surface area (Å²) in [6, 6.07) is 15.9. The first-order valence-electron chi connectivity index (χ1n) is 10.4. The number of carbonyl (C=O) groups excluding carboxylic acids is 1. The molecule has 0 atom stereocenters. The summed E-state index contributed by atoms with van der Waals surface area (Å²) >= 11 is 5.95.